The summed E-state index contributed by atoms with van der Waals surface area (Å²) in [6.45, 7) is 4.66. The number of aromatic nitrogens is 1. The summed E-state index contributed by atoms with van der Waals surface area (Å²) in [5.74, 6) is 0.396. The molecule has 2 aromatic heterocycles. The average Bonchev–Trinajstić information content (AvgIpc) is 3.20. The minimum atomic E-state index is -0.418. The summed E-state index contributed by atoms with van der Waals surface area (Å²) in [4.78, 5) is 13.2. The number of primary amides is 1. The number of halogens is 1. The van der Waals surface area contributed by atoms with Gasteiger partial charge in [0, 0.05) is 22.0 Å². The number of nitrogens with two attached hydrogens (primary N) is 1. The van der Waals surface area contributed by atoms with Crippen LogP contribution >= 0.6 is 22.9 Å². The molecule has 0 aliphatic heterocycles. The maximum absolute atomic E-state index is 12.0. The second-order valence-corrected chi connectivity index (χ2v) is 8.51. The first-order chi connectivity index (χ1) is 13.9. The first kappa shape index (κ1) is 19.6. The average molecular weight is 425 g/mol. The highest BCUT2D eigenvalue weighted by molar-refractivity contribution is 7.22. The number of carbonyl (C=O) groups is 1. The number of rotatable bonds is 5. The highest BCUT2D eigenvalue weighted by Crippen LogP contribution is 2.40. The number of carbonyl (C=O) groups excluding carboxylic acids is 1. The van der Waals surface area contributed by atoms with E-state index in [0.717, 1.165) is 43.2 Å². The standard InChI is InChI=1S/C23H21ClN2O2S/c1-13-18-10-16(24)6-9-21(18)29-22(13)20-11-19(23(25)27)14(2)26(20)12-15-4-7-17(28-3)8-5-15/h4-11H,12H2,1-3H3,(H2,25,27). The molecular formula is C23H21ClN2O2S. The smallest absolute Gasteiger partial charge is 0.250 e. The van der Waals surface area contributed by atoms with Crippen molar-refractivity contribution in [2.75, 3.05) is 7.11 Å². The van der Waals surface area contributed by atoms with Crippen molar-refractivity contribution in [1.29, 1.82) is 0 Å². The normalized spacial score (nSPS) is 11.2. The molecule has 0 aliphatic rings. The summed E-state index contributed by atoms with van der Waals surface area (Å²) < 4.78 is 8.57. The molecule has 0 aliphatic carbocycles. The van der Waals surface area contributed by atoms with E-state index in [-0.39, 0.29) is 0 Å². The second kappa shape index (κ2) is 7.58. The van der Waals surface area contributed by atoms with E-state index in [0.29, 0.717) is 17.1 Å². The lowest BCUT2D eigenvalue weighted by molar-refractivity contribution is 0.0999. The summed E-state index contributed by atoms with van der Waals surface area (Å²) >= 11 is 7.91. The molecule has 4 rings (SSSR count). The van der Waals surface area contributed by atoms with Gasteiger partial charge in [-0.2, -0.15) is 0 Å². The number of benzene rings is 2. The number of methoxy groups -OCH3 is 1. The van der Waals surface area contributed by atoms with Gasteiger partial charge in [-0.3, -0.25) is 4.79 Å². The van der Waals surface area contributed by atoms with Gasteiger partial charge in [0.15, 0.2) is 0 Å². The third kappa shape index (κ3) is 3.52. The molecule has 0 bridgehead atoms. The fraction of sp³-hybridized carbons (Fsp3) is 0.174. The fourth-order valence-corrected chi connectivity index (χ4v) is 5.02. The number of thiophene rings is 1. The van der Waals surface area contributed by atoms with Gasteiger partial charge in [-0.1, -0.05) is 23.7 Å². The number of amides is 1. The molecule has 1 amide bonds. The number of hydrogen-bond acceptors (Lipinski definition) is 3. The van der Waals surface area contributed by atoms with Crippen LogP contribution in [-0.4, -0.2) is 17.6 Å². The fourth-order valence-electron chi connectivity index (χ4n) is 3.64. The zero-order valence-electron chi connectivity index (χ0n) is 16.5. The Morgan fingerprint density at radius 1 is 1.14 bits per heavy atom. The minimum Gasteiger partial charge on any atom is -0.497 e. The molecule has 6 heteroatoms. The van der Waals surface area contributed by atoms with Gasteiger partial charge in [0.1, 0.15) is 5.75 Å². The molecule has 0 atom stereocenters. The Hall–Kier alpha value is -2.76. The van der Waals surface area contributed by atoms with Crippen LogP contribution in [0.1, 0.15) is 27.2 Å². The van der Waals surface area contributed by atoms with Crippen LogP contribution in [0.5, 0.6) is 5.75 Å². The van der Waals surface area contributed by atoms with Crippen LogP contribution < -0.4 is 10.5 Å². The van der Waals surface area contributed by atoms with Gasteiger partial charge in [0.2, 0.25) is 0 Å². The molecular weight excluding hydrogens is 404 g/mol. The van der Waals surface area contributed by atoms with E-state index in [9.17, 15) is 4.79 Å². The Balaban J connectivity index is 1.87. The van der Waals surface area contributed by atoms with E-state index in [4.69, 9.17) is 22.1 Å². The maximum Gasteiger partial charge on any atom is 0.250 e. The molecule has 4 aromatic rings. The highest BCUT2D eigenvalue weighted by Gasteiger charge is 2.20. The van der Waals surface area contributed by atoms with Gasteiger partial charge in [-0.15, -0.1) is 11.3 Å². The van der Waals surface area contributed by atoms with E-state index in [2.05, 4.69) is 11.5 Å². The molecule has 0 unspecified atom stereocenters. The first-order valence-corrected chi connectivity index (χ1v) is 10.4. The van der Waals surface area contributed by atoms with Gasteiger partial charge < -0.3 is 15.0 Å². The molecule has 0 saturated heterocycles. The third-order valence-electron chi connectivity index (χ3n) is 5.26. The SMILES string of the molecule is COc1ccc(Cn2c(-c3sc4ccc(Cl)cc4c3C)cc(C(N)=O)c2C)cc1. The lowest BCUT2D eigenvalue weighted by atomic mass is 10.1. The van der Waals surface area contributed by atoms with Crippen molar-refractivity contribution >= 4 is 38.9 Å². The monoisotopic (exact) mass is 424 g/mol. The van der Waals surface area contributed by atoms with Gasteiger partial charge in [-0.05, 0) is 66.8 Å². The van der Waals surface area contributed by atoms with Crippen LogP contribution in [0.4, 0.5) is 0 Å². The van der Waals surface area contributed by atoms with Crippen LogP contribution in [0.15, 0.2) is 48.5 Å². The molecule has 0 fully saturated rings. The summed E-state index contributed by atoms with van der Waals surface area (Å²) in [5, 5.41) is 1.85. The van der Waals surface area contributed by atoms with Crippen molar-refractivity contribution in [2.45, 2.75) is 20.4 Å². The Morgan fingerprint density at radius 3 is 2.52 bits per heavy atom. The van der Waals surface area contributed by atoms with Crippen molar-refractivity contribution in [1.82, 2.24) is 4.57 Å². The van der Waals surface area contributed by atoms with Crippen LogP contribution in [0.2, 0.25) is 5.02 Å². The number of nitrogens with zero attached hydrogens (tertiary/aromatic N) is 1. The maximum atomic E-state index is 12.0. The summed E-state index contributed by atoms with van der Waals surface area (Å²) in [6.07, 6.45) is 0. The van der Waals surface area contributed by atoms with Crippen molar-refractivity contribution in [3.8, 4) is 16.3 Å². The van der Waals surface area contributed by atoms with Crippen LogP contribution in [0.25, 0.3) is 20.7 Å². The van der Waals surface area contributed by atoms with Crippen molar-refractivity contribution < 1.29 is 9.53 Å². The van der Waals surface area contributed by atoms with Crippen LogP contribution in [0, 0.1) is 13.8 Å². The second-order valence-electron chi connectivity index (χ2n) is 7.02. The lowest BCUT2D eigenvalue weighted by Crippen LogP contribution is -2.12. The number of aryl methyl sites for hydroxylation is 1. The first-order valence-electron chi connectivity index (χ1n) is 9.21. The zero-order valence-corrected chi connectivity index (χ0v) is 18.0. The molecule has 0 spiro atoms. The largest absolute Gasteiger partial charge is 0.497 e. The molecule has 4 nitrogen and oxygen atoms in total. The number of ether oxygens (including phenoxy) is 1. The van der Waals surface area contributed by atoms with E-state index in [1.165, 1.54) is 0 Å². The van der Waals surface area contributed by atoms with Crippen molar-refractivity contribution in [2.24, 2.45) is 5.73 Å². The minimum absolute atomic E-state index is 0.418. The van der Waals surface area contributed by atoms with Crippen molar-refractivity contribution in [3.63, 3.8) is 0 Å². The molecule has 0 saturated carbocycles. The number of fused-ring (bicyclic) bond motifs is 1. The van der Waals surface area contributed by atoms with E-state index in [1.54, 1.807) is 18.4 Å². The molecule has 2 heterocycles. The summed E-state index contributed by atoms with van der Waals surface area (Å²) in [6, 6.07) is 15.8. The van der Waals surface area contributed by atoms with Gasteiger partial charge in [0.05, 0.1) is 23.2 Å². The van der Waals surface area contributed by atoms with Gasteiger partial charge in [-0.25, -0.2) is 0 Å². The van der Waals surface area contributed by atoms with Crippen molar-refractivity contribution in [3.05, 3.63) is 75.9 Å². The van der Waals surface area contributed by atoms with Crippen LogP contribution in [-0.2, 0) is 6.54 Å². The topological polar surface area (TPSA) is 57.2 Å². The van der Waals surface area contributed by atoms with E-state index >= 15 is 0 Å². The van der Waals surface area contributed by atoms with Crippen LogP contribution in [0.3, 0.4) is 0 Å². The quantitative estimate of drug-likeness (QED) is 0.440. The molecule has 2 aromatic carbocycles. The summed E-state index contributed by atoms with van der Waals surface area (Å²) in [5.41, 5.74) is 10.3. The van der Waals surface area contributed by atoms with E-state index in [1.807, 2.05) is 55.5 Å². The summed E-state index contributed by atoms with van der Waals surface area (Å²) in [7, 11) is 1.65. The molecule has 29 heavy (non-hydrogen) atoms. The molecule has 2 N–H and O–H groups in total. The predicted octanol–water partition coefficient (Wildman–Crippen LogP) is 5.80. The Labute approximate surface area is 178 Å². The Kier molecular flexibility index (Phi) is 5.11. The lowest BCUT2D eigenvalue weighted by Gasteiger charge is -2.12. The Bertz CT molecular complexity index is 1220. The van der Waals surface area contributed by atoms with E-state index < -0.39 is 5.91 Å². The molecule has 0 radical (unpaired) electrons. The zero-order chi connectivity index (χ0) is 20.7. The van der Waals surface area contributed by atoms with Gasteiger partial charge >= 0.3 is 0 Å². The van der Waals surface area contributed by atoms with Gasteiger partial charge in [0.25, 0.3) is 5.91 Å². The molecule has 148 valence electrons. The predicted molar refractivity (Wildman–Crippen MR) is 120 cm³/mol. The third-order valence-corrected chi connectivity index (χ3v) is 6.79. The Morgan fingerprint density at radius 2 is 1.86 bits per heavy atom. The number of hydrogen-bond donors (Lipinski definition) is 1. The highest BCUT2D eigenvalue weighted by atomic mass is 35.5.